The van der Waals surface area contributed by atoms with Crippen LogP contribution in [0.1, 0.15) is 21.5 Å². The van der Waals surface area contributed by atoms with E-state index in [1.807, 2.05) is 66.7 Å². The molecule has 0 atom stereocenters. The molecule has 1 amide bonds. The Morgan fingerprint density at radius 1 is 0.614 bits per heavy atom. The molecule has 0 aliphatic rings. The smallest absolute Gasteiger partial charge is 0.251 e. The number of aromatic nitrogens is 3. The van der Waals surface area contributed by atoms with Crippen LogP contribution in [-0.4, -0.2) is 74.6 Å². The number of rotatable bonds is 19. The van der Waals surface area contributed by atoms with Crippen molar-refractivity contribution in [3.05, 3.63) is 95.6 Å². The fourth-order valence-electron chi connectivity index (χ4n) is 3.99. The molecule has 3 aromatic carbocycles. The van der Waals surface area contributed by atoms with Crippen molar-refractivity contribution < 1.29 is 23.7 Å². The van der Waals surface area contributed by atoms with Crippen molar-refractivity contribution in [1.29, 1.82) is 0 Å². The van der Waals surface area contributed by atoms with Crippen LogP contribution < -0.4 is 30.7 Å². The van der Waals surface area contributed by atoms with Crippen molar-refractivity contribution in [2.24, 2.45) is 0 Å². The van der Waals surface area contributed by atoms with Gasteiger partial charge in [-0.3, -0.25) is 4.79 Å². The first-order chi connectivity index (χ1) is 21.6. The SMILES string of the molecule is COc1ccc(CNc2nc(NCCOCCOCCNC(=O)c3ccccc3)nc(NCc3cccc(OC)c3)n2)cc1. The number of methoxy groups -OCH3 is 2. The van der Waals surface area contributed by atoms with E-state index in [0.717, 1.165) is 22.6 Å². The van der Waals surface area contributed by atoms with Crippen molar-refractivity contribution in [1.82, 2.24) is 20.3 Å². The second kappa shape index (κ2) is 17.9. The molecule has 1 aromatic heterocycles. The van der Waals surface area contributed by atoms with Crippen LogP contribution in [0.25, 0.3) is 0 Å². The van der Waals surface area contributed by atoms with Crippen LogP contribution in [0.4, 0.5) is 17.8 Å². The Hall–Kier alpha value is -4.94. The Kier molecular flexibility index (Phi) is 13.0. The minimum Gasteiger partial charge on any atom is -0.497 e. The van der Waals surface area contributed by atoms with Gasteiger partial charge in [0.25, 0.3) is 5.91 Å². The Morgan fingerprint density at radius 2 is 1.23 bits per heavy atom. The zero-order chi connectivity index (χ0) is 30.8. The van der Waals surface area contributed by atoms with Gasteiger partial charge in [-0.05, 0) is 47.5 Å². The number of carbonyl (C=O) groups excluding carboxylic acids is 1. The van der Waals surface area contributed by atoms with E-state index in [4.69, 9.17) is 18.9 Å². The van der Waals surface area contributed by atoms with Gasteiger partial charge in [0.2, 0.25) is 17.8 Å². The lowest BCUT2D eigenvalue weighted by molar-refractivity contribution is 0.0519. The van der Waals surface area contributed by atoms with Gasteiger partial charge < -0.3 is 40.2 Å². The first-order valence-electron chi connectivity index (χ1n) is 14.3. The summed E-state index contributed by atoms with van der Waals surface area (Å²) in [4.78, 5) is 25.6. The molecular formula is C32H39N7O5. The zero-order valence-electron chi connectivity index (χ0n) is 25.0. The first kappa shape index (κ1) is 32.0. The van der Waals surface area contributed by atoms with Gasteiger partial charge in [0, 0.05) is 31.7 Å². The van der Waals surface area contributed by atoms with Crippen LogP contribution >= 0.6 is 0 Å². The minimum absolute atomic E-state index is 0.118. The number of benzene rings is 3. The molecule has 0 saturated heterocycles. The molecule has 0 fully saturated rings. The first-order valence-corrected chi connectivity index (χ1v) is 14.3. The molecule has 4 N–H and O–H groups in total. The average Bonchev–Trinajstić information content (AvgIpc) is 3.07. The number of hydrogen-bond donors (Lipinski definition) is 4. The number of amides is 1. The number of nitrogens with zero attached hydrogens (tertiary/aromatic N) is 3. The summed E-state index contributed by atoms with van der Waals surface area (Å²) in [5.74, 6) is 2.73. The van der Waals surface area contributed by atoms with Gasteiger partial charge in [-0.1, -0.05) is 42.5 Å². The van der Waals surface area contributed by atoms with Crippen LogP contribution in [-0.2, 0) is 22.6 Å². The van der Waals surface area contributed by atoms with Crippen LogP contribution in [0.5, 0.6) is 11.5 Å². The Morgan fingerprint density at radius 3 is 1.89 bits per heavy atom. The number of carbonyl (C=O) groups is 1. The highest BCUT2D eigenvalue weighted by Gasteiger charge is 2.08. The highest BCUT2D eigenvalue weighted by Crippen LogP contribution is 2.16. The summed E-state index contributed by atoms with van der Waals surface area (Å²) in [7, 11) is 3.28. The molecule has 12 nitrogen and oxygen atoms in total. The van der Waals surface area contributed by atoms with Crippen LogP contribution in [0.2, 0.25) is 0 Å². The van der Waals surface area contributed by atoms with Crippen molar-refractivity contribution >= 4 is 23.8 Å². The summed E-state index contributed by atoms with van der Waals surface area (Å²) in [5.41, 5.74) is 2.71. The van der Waals surface area contributed by atoms with Crippen LogP contribution in [0.15, 0.2) is 78.9 Å². The lowest BCUT2D eigenvalue weighted by Gasteiger charge is -2.12. The van der Waals surface area contributed by atoms with Gasteiger partial charge in [0.1, 0.15) is 11.5 Å². The third-order valence-electron chi connectivity index (χ3n) is 6.30. The Balaban J connectivity index is 1.21. The number of nitrogens with one attached hydrogen (secondary N) is 4. The van der Waals surface area contributed by atoms with Gasteiger partial charge in [0.15, 0.2) is 0 Å². The van der Waals surface area contributed by atoms with E-state index in [2.05, 4.69) is 36.2 Å². The predicted octanol–water partition coefficient (Wildman–Crippen LogP) is 3.99. The summed E-state index contributed by atoms with van der Waals surface area (Å²) < 4.78 is 21.8. The van der Waals surface area contributed by atoms with Crippen molar-refractivity contribution in [2.45, 2.75) is 13.1 Å². The average molecular weight is 602 g/mol. The standard InChI is InChI=1S/C32H39N7O5/c1-41-27-13-11-24(12-14-27)22-35-31-37-30(38-32(39-31)36-23-25-7-6-10-28(21-25)42-2)34-16-18-44-20-19-43-17-15-33-29(40)26-8-4-3-5-9-26/h3-14,21H,15-20,22-23H2,1-2H3,(H,33,40)(H3,34,35,36,37,38,39). The molecule has 0 aliphatic carbocycles. The molecule has 4 rings (SSSR count). The third-order valence-corrected chi connectivity index (χ3v) is 6.30. The van der Waals surface area contributed by atoms with Crippen molar-refractivity contribution in [3.63, 3.8) is 0 Å². The number of ether oxygens (including phenoxy) is 4. The maximum absolute atomic E-state index is 12.0. The third kappa shape index (κ3) is 11.0. The zero-order valence-corrected chi connectivity index (χ0v) is 25.0. The molecule has 0 spiro atoms. The summed E-state index contributed by atoms with van der Waals surface area (Å²) in [6, 6.07) is 24.7. The monoisotopic (exact) mass is 601 g/mol. The van der Waals surface area contributed by atoms with E-state index in [1.54, 1.807) is 26.4 Å². The summed E-state index contributed by atoms with van der Waals surface area (Å²) in [6.45, 7) is 3.64. The second-order valence-electron chi connectivity index (χ2n) is 9.49. The number of hydrogen-bond acceptors (Lipinski definition) is 11. The van der Waals surface area contributed by atoms with E-state index in [9.17, 15) is 4.79 Å². The van der Waals surface area contributed by atoms with E-state index in [1.165, 1.54) is 0 Å². The van der Waals surface area contributed by atoms with Crippen LogP contribution in [0, 0.1) is 0 Å². The van der Waals surface area contributed by atoms with Crippen LogP contribution in [0.3, 0.4) is 0 Å². The normalized spacial score (nSPS) is 10.6. The van der Waals surface area contributed by atoms with Gasteiger partial charge in [-0.25, -0.2) is 0 Å². The topological polar surface area (TPSA) is 141 Å². The molecule has 0 unspecified atom stereocenters. The Labute approximate surface area is 257 Å². The van der Waals surface area contributed by atoms with E-state index >= 15 is 0 Å². The molecular weight excluding hydrogens is 562 g/mol. The lowest BCUT2D eigenvalue weighted by atomic mass is 10.2. The van der Waals surface area contributed by atoms with Gasteiger partial charge >= 0.3 is 0 Å². The van der Waals surface area contributed by atoms with E-state index in [0.29, 0.717) is 76.0 Å². The van der Waals surface area contributed by atoms with E-state index < -0.39 is 0 Å². The maximum Gasteiger partial charge on any atom is 0.251 e. The summed E-state index contributed by atoms with van der Waals surface area (Å²) in [6.07, 6.45) is 0. The quantitative estimate of drug-likeness (QED) is 0.116. The summed E-state index contributed by atoms with van der Waals surface area (Å²) >= 11 is 0. The van der Waals surface area contributed by atoms with Crippen molar-refractivity contribution in [2.75, 3.05) is 69.7 Å². The van der Waals surface area contributed by atoms with E-state index in [-0.39, 0.29) is 5.91 Å². The fraction of sp³-hybridized carbons (Fsp3) is 0.312. The summed E-state index contributed by atoms with van der Waals surface area (Å²) in [5, 5.41) is 12.6. The lowest BCUT2D eigenvalue weighted by Crippen LogP contribution is -2.27. The minimum atomic E-state index is -0.118. The fourth-order valence-corrected chi connectivity index (χ4v) is 3.99. The molecule has 44 heavy (non-hydrogen) atoms. The van der Waals surface area contributed by atoms with Gasteiger partial charge in [-0.15, -0.1) is 0 Å². The highest BCUT2D eigenvalue weighted by atomic mass is 16.5. The van der Waals surface area contributed by atoms with Crippen molar-refractivity contribution in [3.8, 4) is 11.5 Å². The largest absolute Gasteiger partial charge is 0.497 e. The molecule has 0 aliphatic heterocycles. The molecule has 4 aromatic rings. The maximum atomic E-state index is 12.0. The molecule has 0 saturated carbocycles. The Bertz CT molecular complexity index is 1420. The molecule has 1 heterocycles. The second-order valence-corrected chi connectivity index (χ2v) is 9.49. The molecule has 0 bridgehead atoms. The predicted molar refractivity (Wildman–Crippen MR) is 169 cm³/mol. The molecule has 232 valence electrons. The van der Waals surface area contributed by atoms with Gasteiger partial charge in [0.05, 0.1) is 40.6 Å². The highest BCUT2D eigenvalue weighted by molar-refractivity contribution is 5.94. The van der Waals surface area contributed by atoms with Gasteiger partial charge in [-0.2, -0.15) is 15.0 Å². The number of anilines is 3. The molecule has 0 radical (unpaired) electrons. The molecule has 12 heteroatoms.